The molecule has 3 heterocycles. The smallest absolute Gasteiger partial charge is 0.244 e. The summed E-state index contributed by atoms with van der Waals surface area (Å²) >= 11 is 0. The van der Waals surface area contributed by atoms with Crippen molar-refractivity contribution < 1.29 is 4.79 Å². The number of hydrogen-bond acceptors (Lipinski definition) is 2. The van der Waals surface area contributed by atoms with E-state index in [2.05, 4.69) is 37.8 Å². The average Bonchev–Trinajstić information content (AvgIpc) is 3.21. The zero-order chi connectivity index (χ0) is 17.9. The van der Waals surface area contributed by atoms with Crippen LogP contribution in [0.25, 0.3) is 17.0 Å². The van der Waals surface area contributed by atoms with E-state index < -0.39 is 0 Å². The van der Waals surface area contributed by atoms with Gasteiger partial charge in [0.05, 0.1) is 5.69 Å². The first-order chi connectivity index (χ1) is 12.7. The average molecular weight is 348 g/mol. The minimum Gasteiger partial charge on any atom is -0.352 e. The predicted octanol–water partition coefficient (Wildman–Crippen LogP) is 3.08. The van der Waals surface area contributed by atoms with Gasteiger partial charge in [-0.2, -0.15) is 0 Å². The molecule has 1 aromatic carbocycles. The van der Waals surface area contributed by atoms with Gasteiger partial charge in [0, 0.05) is 67.9 Å². The van der Waals surface area contributed by atoms with E-state index in [4.69, 9.17) is 0 Å². The maximum Gasteiger partial charge on any atom is 0.244 e. The molecule has 0 aliphatic carbocycles. The summed E-state index contributed by atoms with van der Waals surface area (Å²) in [5, 5.41) is 4.11. The van der Waals surface area contributed by atoms with Gasteiger partial charge in [0.25, 0.3) is 0 Å². The van der Waals surface area contributed by atoms with E-state index in [1.165, 1.54) is 18.7 Å². The Kier molecular flexibility index (Phi) is 4.61. The Morgan fingerprint density at radius 3 is 3.04 bits per heavy atom. The number of hydrogen-bond donors (Lipinski definition) is 1. The maximum atomic E-state index is 12.1. The Hall–Kier alpha value is -2.82. The fourth-order valence-corrected chi connectivity index (χ4v) is 3.64. The van der Waals surface area contributed by atoms with Gasteiger partial charge < -0.3 is 14.5 Å². The number of para-hydroxylation sites is 1. The highest BCUT2D eigenvalue weighted by Crippen LogP contribution is 2.21. The fourth-order valence-electron chi connectivity index (χ4n) is 3.64. The molecule has 0 saturated carbocycles. The second-order valence-corrected chi connectivity index (χ2v) is 6.89. The number of carbonyl (C=O) groups excluding carboxylic acids is 1. The first-order valence-electron chi connectivity index (χ1n) is 9.25. The third kappa shape index (κ3) is 3.43. The summed E-state index contributed by atoms with van der Waals surface area (Å²) < 4.78 is 4.33. The minimum atomic E-state index is -0.0677. The van der Waals surface area contributed by atoms with Crippen LogP contribution in [0.5, 0.6) is 0 Å². The normalized spacial score (nSPS) is 14.0. The highest BCUT2D eigenvalue weighted by Gasteiger charge is 2.12. The summed E-state index contributed by atoms with van der Waals surface area (Å²) in [6.07, 6.45) is 12.0. The molecule has 1 amide bonds. The summed E-state index contributed by atoms with van der Waals surface area (Å²) in [6.45, 7) is 1.68. The lowest BCUT2D eigenvalue weighted by Crippen LogP contribution is -2.23. The van der Waals surface area contributed by atoms with Crippen LogP contribution < -0.4 is 5.32 Å². The highest BCUT2D eigenvalue weighted by atomic mass is 16.1. The van der Waals surface area contributed by atoms with Gasteiger partial charge in [-0.3, -0.25) is 4.79 Å². The van der Waals surface area contributed by atoms with Crippen LogP contribution in [0.4, 0.5) is 0 Å². The summed E-state index contributed by atoms with van der Waals surface area (Å²) in [4.78, 5) is 16.8. The third-order valence-corrected chi connectivity index (χ3v) is 4.98. The van der Waals surface area contributed by atoms with Gasteiger partial charge >= 0.3 is 0 Å². The molecule has 1 N–H and O–H groups in total. The van der Waals surface area contributed by atoms with Gasteiger partial charge in [-0.15, -0.1) is 0 Å². The first-order valence-corrected chi connectivity index (χ1v) is 9.25. The van der Waals surface area contributed by atoms with Crippen molar-refractivity contribution in [2.24, 2.45) is 7.05 Å². The molecular weight excluding hydrogens is 324 g/mol. The van der Waals surface area contributed by atoms with Crippen molar-refractivity contribution in [3.8, 4) is 0 Å². The van der Waals surface area contributed by atoms with Crippen LogP contribution in [0, 0.1) is 0 Å². The molecule has 0 radical (unpaired) electrons. The lowest BCUT2D eigenvalue weighted by atomic mass is 10.1. The lowest BCUT2D eigenvalue weighted by Gasteiger charge is -2.11. The maximum absolute atomic E-state index is 12.1. The van der Waals surface area contributed by atoms with Crippen molar-refractivity contribution in [2.75, 3.05) is 6.54 Å². The topological polar surface area (TPSA) is 51.9 Å². The Balaban J connectivity index is 1.33. The number of aryl methyl sites for hydroxylation is 3. The molecule has 26 heavy (non-hydrogen) atoms. The molecule has 1 aliphatic rings. The van der Waals surface area contributed by atoms with Gasteiger partial charge in [-0.05, 0) is 25.0 Å². The van der Waals surface area contributed by atoms with Crippen LogP contribution in [0.15, 0.2) is 42.7 Å². The third-order valence-electron chi connectivity index (χ3n) is 4.98. The van der Waals surface area contributed by atoms with Crippen LogP contribution in [0.2, 0.25) is 0 Å². The summed E-state index contributed by atoms with van der Waals surface area (Å²) in [5.74, 6) is 1.12. The molecule has 5 nitrogen and oxygen atoms in total. The predicted molar refractivity (Wildman–Crippen MR) is 104 cm³/mol. The number of nitrogens with one attached hydrogen (secondary N) is 1. The number of nitrogens with zero attached hydrogens (tertiary/aromatic N) is 3. The molecule has 0 saturated heterocycles. The van der Waals surface area contributed by atoms with E-state index in [-0.39, 0.29) is 5.91 Å². The number of benzene rings is 1. The van der Waals surface area contributed by atoms with Gasteiger partial charge in [0.15, 0.2) is 0 Å². The molecule has 1 aliphatic heterocycles. The summed E-state index contributed by atoms with van der Waals surface area (Å²) in [6, 6.07) is 8.20. The number of fused-ring (bicyclic) bond motifs is 2. The number of amides is 1. The van der Waals surface area contributed by atoms with Crippen molar-refractivity contribution >= 4 is 22.9 Å². The molecule has 0 atom stereocenters. The fraction of sp³-hybridized carbons (Fsp3) is 0.333. The zero-order valence-electron chi connectivity index (χ0n) is 15.1. The molecule has 0 bridgehead atoms. The van der Waals surface area contributed by atoms with E-state index in [1.807, 2.05) is 31.5 Å². The number of aromatic nitrogens is 3. The second-order valence-electron chi connectivity index (χ2n) is 6.89. The Morgan fingerprint density at radius 2 is 2.15 bits per heavy atom. The van der Waals surface area contributed by atoms with E-state index in [0.29, 0.717) is 6.54 Å². The second kappa shape index (κ2) is 7.20. The summed E-state index contributed by atoms with van der Waals surface area (Å²) in [7, 11) is 2.02. The first kappa shape index (κ1) is 16.6. The Bertz CT molecular complexity index is 940. The summed E-state index contributed by atoms with van der Waals surface area (Å²) in [5.41, 5.74) is 3.29. The largest absolute Gasteiger partial charge is 0.352 e. The van der Waals surface area contributed by atoms with Crippen molar-refractivity contribution in [1.82, 2.24) is 19.4 Å². The van der Waals surface area contributed by atoms with Crippen molar-refractivity contribution in [1.29, 1.82) is 0 Å². The molecule has 4 rings (SSSR count). The van der Waals surface area contributed by atoms with E-state index in [0.717, 1.165) is 41.5 Å². The standard InChI is InChI=1S/C21H24N4O/c1-24-14-16(18-6-2-3-7-19(18)24)9-10-21(26)22-12-11-17-15-25-13-5-4-8-20(25)23-17/h2-3,6-7,9-10,14-15H,4-5,8,11-13H2,1H3,(H,22,26)/b10-9+. The Labute approximate surface area is 153 Å². The highest BCUT2D eigenvalue weighted by molar-refractivity contribution is 5.96. The minimum absolute atomic E-state index is 0.0677. The van der Waals surface area contributed by atoms with Crippen molar-refractivity contribution in [3.05, 3.63) is 59.8 Å². The molecular formula is C21H24N4O. The van der Waals surface area contributed by atoms with E-state index in [1.54, 1.807) is 6.08 Å². The van der Waals surface area contributed by atoms with Gasteiger partial charge in [-0.25, -0.2) is 4.98 Å². The molecule has 3 aromatic rings. The van der Waals surface area contributed by atoms with Gasteiger partial charge in [0.2, 0.25) is 5.91 Å². The number of imidazole rings is 1. The molecule has 2 aromatic heterocycles. The molecule has 0 spiro atoms. The van der Waals surface area contributed by atoms with Crippen molar-refractivity contribution in [3.63, 3.8) is 0 Å². The zero-order valence-corrected chi connectivity index (χ0v) is 15.1. The molecule has 0 unspecified atom stereocenters. The van der Waals surface area contributed by atoms with Crippen LogP contribution in [0.1, 0.15) is 29.9 Å². The van der Waals surface area contributed by atoms with Crippen LogP contribution in [-0.4, -0.2) is 26.6 Å². The molecule has 5 heteroatoms. The lowest BCUT2D eigenvalue weighted by molar-refractivity contribution is -0.116. The molecule has 0 fully saturated rings. The van der Waals surface area contributed by atoms with E-state index in [9.17, 15) is 4.79 Å². The Morgan fingerprint density at radius 1 is 1.27 bits per heavy atom. The van der Waals surface area contributed by atoms with Gasteiger partial charge in [0.1, 0.15) is 5.82 Å². The number of carbonyl (C=O) groups is 1. The van der Waals surface area contributed by atoms with Crippen molar-refractivity contribution in [2.45, 2.75) is 32.2 Å². The monoisotopic (exact) mass is 348 g/mol. The quantitative estimate of drug-likeness (QED) is 0.721. The van der Waals surface area contributed by atoms with Gasteiger partial charge in [-0.1, -0.05) is 18.2 Å². The van der Waals surface area contributed by atoms with Crippen LogP contribution in [-0.2, 0) is 31.2 Å². The molecule has 134 valence electrons. The van der Waals surface area contributed by atoms with E-state index >= 15 is 0 Å². The SMILES string of the molecule is Cn1cc(/C=C/C(=O)NCCc2cn3c(n2)CCCC3)c2ccccc21. The van der Waals surface area contributed by atoms with Crippen LogP contribution in [0.3, 0.4) is 0 Å². The number of rotatable bonds is 5. The van der Waals surface area contributed by atoms with Crippen LogP contribution >= 0.6 is 0 Å².